The highest BCUT2D eigenvalue weighted by molar-refractivity contribution is 5.99. The van der Waals surface area contributed by atoms with Crippen molar-refractivity contribution in [3.63, 3.8) is 0 Å². The van der Waals surface area contributed by atoms with Gasteiger partial charge in [-0.25, -0.2) is 19.3 Å². The Labute approximate surface area is 217 Å². The maximum Gasteiger partial charge on any atom is 0.255 e. The molecule has 1 unspecified atom stereocenters. The van der Waals surface area contributed by atoms with Crippen molar-refractivity contribution >= 4 is 23.4 Å². The van der Waals surface area contributed by atoms with Crippen molar-refractivity contribution in [3.05, 3.63) is 71.4 Å². The fourth-order valence-corrected chi connectivity index (χ4v) is 4.05. The molecule has 0 aliphatic carbocycles. The van der Waals surface area contributed by atoms with E-state index in [0.717, 1.165) is 37.3 Å². The first kappa shape index (κ1) is 27.3. The minimum absolute atomic E-state index is 0.299. The number of nitrogens with one attached hydrogen (secondary N) is 2. The Balaban J connectivity index is 0.00000186. The fraction of sp³-hybridized carbons (Fsp3) is 0.370. The molecule has 194 valence electrons. The number of benzene rings is 1. The molecule has 1 fully saturated rings. The van der Waals surface area contributed by atoms with E-state index in [1.54, 1.807) is 24.5 Å². The first-order valence-corrected chi connectivity index (χ1v) is 12.5. The highest BCUT2D eigenvalue weighted by Gasteiger charge is 2.22. The van der Waals surface area contributed by atoms with E-state index >= 15 is 0 Å². The predicted octanol–water partition coefficient (Wildman–Crippen LogP) is 4.31. The van der Waals surface area contributed by atoms with Gasteiger partial charge in [0, 0.05) is 25.8 Å². The zero-order chi connectivity index (χ0) is 26.8. The average molecular weight is 505 g/mol. The molecule has 1 amide bonds. The number of nitrogens with two attached hydrogens (primary N) is 1. The second kappa shape index (κ2) is 13.2. The van der Waals surface area contributed by atoms with E-state index in [2.05, 4.69) is 30.5 Å². The molecule has 0 spiro atoms. The van der Waals surface area contributed by atoms with Gasteiger partial charge in [-0.2, -0.15) is 5.26 Å². The van der Waals surface area contributed by atoms with Crippen molar-refractivity contribution in [2.45, 2.75) is 39.7 Å². The van der Waals surface area contributed by atoms with E-state index in [0.29, 0.717) is 35.2 Å². The molecule has 2 aromatic heterocycles. The number of carbonyl (C=O) groups excluding carboxylic acids is 1. The number of nitrogen functional groups attached to an aromatic ring is 1. The molecule has 1 aliphatic rings. The van der Waals surface area contributed by atoms with Gasteiger partial charge in [-0.3, -0.25) is 4.79 Å². The fourth-order valence-electron chi connectivity index (χ4n) is 4.05. The summed E-state index contributed by atoms with van der Waals surface area (Å²) in [6.07, 6.45) is 6.58. The summed E-state index contributed by atoms with van der Waals surface area (Å²) in [6.45, 7) is 8.15. The van der Waals surface area contributed by atoms with Crippen molar-refractivity contribution in [1.82, 2.24) is 20.3 Å². The van der Waals surface area contributed by atoms with Crippen molar-refractivity contribution in [2.75, 3.05) is 35.6 Å². The number of piperidine rings is 1. The number of carbonyl (C=O) groups is 1. The Morgan fingerprint density at radius 3 is 2.49 bits per heavy atom. The van der Waals surface area contributed by atoms with E-state index in [-0.39, 0.29) is 17.8 Å². The third-order valence-electron chi connectivity index (χ3n) is 6.13. The Morgan fingerprint density at radius 1 is 1.16 bits per heavy atom. The third kappa shape index (κ3) is 7.36. The van der Waals surface area contributed by atoms with Crippen LogP contribution in [0.15, 0.2) is 48.9 Å². The van der Waals surface area contributed by atoms with E-state index in [1.165, 1.54) is 24.4 Å². The number of rotatable bonds is 7. The molecular weight excluding hydrogens is 471 g/mol. The number of aromatic nitrogens is 3. The normalized spacial score (nSPS) is 14.1. The molecule has 1 aliphatic heterocycles. The molecule has 4 rings (SSSR count). The van der Waals surface area contributed by atoms with E-state index in [9.17, 15) is 14.4 Å². The van der Waals surface area contributed by atoms with Crippen LogP contribution in [0.5, 0.6) is 0 Å². The monoisotopic (exact) mass is 504 g/mol. The molecule has 4 N–H and O–H groups in total. The summed E-state index contributed by atoms with van der Waals surface area (Å²) in [6, 6.07) is 9.19. The Hall–Kier alpha value is -4.26. The molecular formula is C27H33FN8O. The van der Waals surface area contributed by atoms with E-state index < -0.39 is 0 Å². The number of hydrogen-bond acceptors (Lipinski definition) is 8. The summed E-state index contributed by atoms with van der Waals surface area (Å²) in [4.78, 5) is 28.0. The van der Waals surface area contributed by atoms with E-state index in [1.807, 2.05) is 26.8 Å². The maximum absolute atomic E-state index is 13.2. The zero-order valence-corrected chi connectivity index (χ0v) is 21.4. The minimum atomic E-state index is -0.356. The summed E-state index contributed by atoms with van der Waals surface area (Å²) < 4.78 is 13.2. The zero-order valence-electron chi connectivity index (χ0n) is 21.4. The minimum Gasteiger partial charge on any atom is -0.382 e. The molecule has 0 radical (unpaired) electrons. The lowest BCUT2D eigenvalue weighted by Crippen LogP contribution is -2.36. The van der Waals surface area contributed by atoms with Crippen molar-refractivity contribution in [2.24, 2.45) is 5.92 Å². The highest BCUT2D eigenvalue weighted by Crippen LogP contribution is 2.23. The van der Waals surface area contributed by atoms with Crippen LogP contribution in [0.2, 0.25) is 0 Å². The molecule has 3 aromatic rings. The molecule has 3 heterocycles. The molecule has 37 heavy (non-hydrogen) atoms. The molecule has 1 saturated heterocycles. The van der Waals surface area contributed by atoms with Crippen LogP contribution in [0.25, 0.3) is 0 Å². The van der Waals surface area contributed by atoms with Gasteiger partial charge in [0.15, 0.2) is 0 Å². The first-order valence-electron chi connectivity index (χ1n) is 12.5. The molecule has 9 nitrogen and oxygen atoms in total. The number of pyridine rings is 1. The Morgan fingerprint density at radius 2 is 1.86 bits per heavy atom. The van der Waals surface area contributed by atoms with Crippen LogP contribution < -0.4 is 21.3 Å². The van der Waals surface area contributed by atoms with Crippen molar-refractivity contribution in [1.29, 1.82) is 5.26 Å². The quantitative estimate of drug-likeness (QED) is 0.434. The molecule has 0 bridgehead atoms. The number of nitriles is 1. The number of amides is 1. The summed E-state index contributed by atoms with van der Waals surface area (Å²) in [5.74, 6) is 1.34. The number of halogens is 1. The second-order valence-corrected chi connectivity index (χ2v) is 8.59. The molecule has 0 saturated carbocycles. The van der Waals surface area contributed by atoms with Crippen LogP contribution in [0, 0.1) is 23.1 Å². The largest absolute Gasteiger partial charge is 0.382 e. The molecule has 1 aromatic carbocycles. The van der Waals surface area contributed by atoms with Gasteiger partial charge in [-0.15, -0.1) is 0 Å². The smallest absolute Gasteiger partial charge is 0.255 e. The van der Waals surface area contributed by atoms with Crippen LogP contribution in [0.4, 0.5) is 21.8 Å². The van der Waals surface area contributed by atoms with Crippen LogP contribution in [-0.2, 0) is 0 Å². The van der Waals surface area contributed by atoms with Crippen molar-refractivity contribution in [3.8, 4) is 6.07 Å². The lowest BCUT2D eigenvalue weighted by Gasteiger charge is -2.32. The summed E-state index contributed by atoms with van der Waals surface area (Å²) in [7, 11) is 0. The van der Waals surface area contributed by atoms with Gasteiger partial charge >= 0.3 is 0 Å². The Kier molecular flexibility index (Phi) is 9.72. The van der Waals surface area contributed by atoms with Gasteiger partial charge in [-0.05, 0) is 49.4 Å². The van der Waals surface area contributed by atoms with Crippen molar-refractivity contribution < 1.29 is 9.18 Å². The van der Waals surface area contributed by atoms with Crippen LogP contribution in [-0.4, -0.2) is 40.5 Å². The van der Waals surface area contributed by atoms with Crippen LogP contribution in [0.1, 0.15) is 61.1 Å². The SMILES string of the molecule is CC.CC(NC(=O)c1cc(C#N)cnc1NCC1CCN(c2cnc(N)cn2)CC1)c1ccc(F)cc1. The topological polar surface area (TPSA) is 133 Å². The standard InChI is InChI=1S/C25H27FN8O.C2H6/c1-16(19-2-4-20(26)5-3-19)33-25(35)21-10-18(11-27)13-32-24(21)31-12-17-6-8-34(9-7-17)23-15-29-22(28)14-30-23;1-2/h2-5,10,13-17H,6-9,12H2,1H3,(H2,28,29)(H,31,32)(H,33,35);1-2H3. The molecule has 10 heteroatoms. The first-order chi connectivity index (χ1) is 17.9. The van der Waals surface area contributed by atoms with Gasteiger partial charge in [0.1, 0.15) is 29.3 Å². The molecule has 1 atom stereocenters. The van der Waals surface area contributed by atoms with Gasteiger partial charge in [0.2, 0.25) is 0 Å². The predicted molar refractivity (Wildman–Crippen MR) is 142 cm³/mol. The van der Waals surface area contributed by atoms with E-state index in [4.69, 9.17) is 5.73 Å². The number of hydrogen-bond donors (Lipinski definition) is 3. The Bertz CT molecular complexity index is 1200. The third-order valence-corrected chi connectivity index (χ3v) is 6.13. The number of anilines is 3. The lowest BCUT2D eigenvalue weighted by molar-refractivity contribution is 0.0940. The second-order valence-electron chi connectivity index (χ2n) is 8.59. The van der Waals surface area contributed by atoms with Gasteiger partial charge in [0.25, 0.3) is 5.91 Å². The van der Waals surface area contributed by atoms with Crippen LogP contribution in [0.3, 0.4) is 0 Å². The van der Waals surface area contributed by atoms with Gasteiger partial charge in [0.05, 0.1) is 29.6 Å². The summed E-state index contributed by atoms with van der Waals surface area (Å²) >= 11 is 0. The van der Waals surface area contributed by atoms with Crippen LogP contribution >= 0.6 is 0 Å². The van der Waals surface area contributed by atoms with Gasteiger partial charge < -0.3 is 21.3 Å². The van der Waals surface area contributed by atoms with Gasteiger partial charge in [-0.1, -0.05) is 26.0 Å². The lowest BCUT2D eigenvalue weighted by atomic mass is 9.96. The maximum atomic E-state index is 13.2. The summed E-state index contributed by atoms with van der Waals surface area (Å²) in [5, 5.41) is 15.5. The number of nitrogens with zero attached hydrogens (tertiary/aromatic N) is 5. The average Bonchev–Trinajstić information content (AvgIpc) is 2.94. The highest BCUT2D eigenvalue weighted by atomic mass is 19.1. The summed E-state index contributed by atoms with van der Waals surface area (Å²) in [5.41, 5.74) is 6.99.